The molecule has 178 valence electrons. The zero-order valence-corrected chi connectivity index (χ0v) is 19.8. The van der Waals surface area contributed by atoms with Crippen molar-refractivity contribution in [3.05, 3.63) is 115 Å². The molecule has 0 atom stereocenters. The summed E-state index contributed by atoms with van der Waals surface area (Å²) in [6, 6.07) is 28.8. The third-order valence-electron chi connectivity index (χ3n) is 6.61. The molecule has 0 bridgehead atoms. The summed E-state index contributed by atoms with van der Waals surface area (Å²) in [6.45, 7) is 0.498. The van der Waals surface area contributed by atoms with Crippen molar-refractivity contribution in [1.29, 1.82) is 0 Å². The van der Waals surface area contributed by atoms with E-state index in [1.54, 1.807) is 18.7 Å². The number of nitrogens with zero attached hydrogens (tertiary/aromatic N) is 2. The number of furan rings is 1. The van der Waals surface area contributed by atoms with E-state index < -0.39 is 0 Å². The molecule has 0 fully saturated rings. The highest BCUT2D eigenvalue weighted by atomic mass is 16.5. The van der Waals surface area contributed by atoms with Gasteiger partial charge in [0.05, 0.1) is 29.9 Å². The van der Waals surface area contributed by atoms with Crippen molar-refractivity contribution in [3.8, 4) is 39.4 Å². The van der Waals surface area contributed by atoms with Crippen LogP contribution in [0.15, 0.2) is 114 Å². The topological polar surface area (TPSA) is 79.7 Å². The molecule has 0 saturated carbocycles. The molecular weight excluding hydrogens is 460 g/mol. The van der Waals surface area contributed by atoms with Gasteiger partial charge in [0.15, 0.2) is 0 Å². The van der Waals surface area contributed by atoms with Gasteiger partial charge in [0.2, 0.25) is 0 Å². The fraction of sp³-hybridized carbons (Fsp3) is 0.0323. The third kappa shape index (κ3) is 3.94. The normalized spacial score (nSPS) is 11.4. The number of aromatic nitrogens is 4. The monoisotopic (exact) mass is 482 g/mol. The van der Waals surface area contributed by atoms with Crippen molar-refractivity contribution in [1.82, 2.24) is 20.2 Å². The fourth-order valence-corrected chi connectivity index (χ4v) is 4.75. The summed E-state index contributed by atoms with van der Waals surface area (Å²) in [5.41, 5.74) is 9.15. The first kappa shape index (κ1) is 21.2. The summed E-state index contributed by atoms with van der Waals surface area (Å²) in [7, 11) is 0. The molecule has 6 heteroatoms. The second kappa shape index (κ2) is 8.84. The molecule has 4 heterocycles. The Labute approximate surface area is 212 Å². The first-order chi connectivity index (χ1) is 18.3. The molecule has 37 heavy (non-hydrogen) atoms. The smallest absolute Gasteiger partial charge is 0.138 e. The van der Waals surface area contributed by atoms with Crippen LogP contribution in [0.5, 0.6) is 5.75 Å². The van der Waals surface area contributed by atoms with Gasteiger partial charge in [-0.15, -0.1) is 0 Å². The predicted octanol–water partition coefficient (Wildman–Crippen LogP) is 7.61. The van der Waals surface area contributed by atoms with Crippen molar-refractivity contribution in [2.75, 3.05) is 0 Å². The zero-order valence-electron chi connectivity index (χ0n) is 19.8. The highest BCUT2D eigenvalue weighted by Gasteiger charge is 2.15. The van der Waals surface area contributed by atoms with Gasteiger partial charge in [0, 0.05) is 33.6 Å². The summed E-state index contributed by atoms with van der Waals surface area (Å²) in [5.74, 6) is 0.733. The van der Waals surface area contributed by atoms with Gasteiger partial charge >= 0.3 is 0 Å². The molecule has 2 N–H and O–H groups in total. The average Bonchev–Trinajstić information content (AvgIpc) is 3.71. The summed E-state index contributed by atoms with van der Waals surface area (Å²) in [6.07, 6.45) is 7.07. The van der Waals surface area contributed by atoms with Gasteiger partial charge in [0.25, 0.3) is 0 Å². The van der Waals surface area contributed by atoms with Crippen LogP contribution in [0.4, 0.5) is 0 Å². The lowest BCUT2D eigenvalue weighted by atomic mass is 10.0. The van der Waals surface area contributed by atoms with E-state index in [0.29, 0.717) is 6.61 Å². The Morgan fingerprint density at radius 3 is 2.59 bits per heavy atom. The SMILES string of the molecule is c1ccc(COc2cncc(-c3ccc4[nH]nc(-c5cc6c(-c7ccoc7)cccc6[nH]5)c4c3)c2)cc1. The molecule has 0 spiro atoms. The van der Waals surface area contributed by atoms with E-state index in [1.165, 1.54) is 0 Å². The Morgan fingerprint density at radius 1 is 0.757 bits per heavy atom. The summed E-state index contributed by atoms with van der Waals surface area (Å²) in [4.78, 5) is 7.97. The van der Waals surface area contributed by atoms with E-state index in [1.807, 2.05) is 54.7 Å². The lowest BCUT2D eigenvalue weighted by molar-refractivity contribution is 0.305. The maximum Gasteiger partial charge on any atom is 0.138 e. The number of aromatic amines is 2. The first-order valence-electron chi connectivity index (χ1n) is 12.1. The standard InChI is InChI=1S/C31H22N4O2/c1-2-5-20(6-3-1)18-37-24-13-23(16-32-17-24)21-9-10-29-27(14-21)31(35-34-29)30-15-26-25(22-11-12-36-19-22)7-4-8-28(26)33-30/h1-17,19,33H,18H2,(H,34,35). The minimum Gasteiger partial charge on any atom is -0.487 e. The van der Waals surface area contributed by atoms with E-state index in [-0.39, 0.29) is 0 Å². The number of pyridine rings is 1. The molecule has 4 aromatic heterocycles. The summed E-state index contributed by atoms with van der Waals surface area (Å²) >= 11 is 0. The molecule has 3 aromatic carbocycles. The van der Waals surface area contributed by atoms with E-state index in [4.69, 9.17) is 9.15 Å². The highest BCUT2D eigenvalue weighted by molar-refractivity contribution is 6.01. The molecule has 0 radical (unpaired) electrons. The number of hydrogen-bond acceptors (Lipinski definition) is 4. The van der Waals surface area contributed by atoms with Crippen LogP contribution in [-0.2, 0) is 6.61 Å². The van der Waals surface area contributed by atoms with Crippen molar-refractivity contribution in [3.63, 3.8) is 0 Å². The maximum absolute atomic E-state index is 6.00. The molecule has 7 aromatic rings. The lowest BCUT2D eigenvalue weighted by Gasteiger charge is -2.08. The van der Waals surface area contributed by atoms with Crippen molar-refractivity contribution in [2.24, 2.45) is 0 Å². The maximum atomic E-state index is 6.00. The van der Waals surface area contributed by atoms with E-state index in [2.05, 4.69) is 56.6 Å². The van der Waals surface area contributed by atoms with Gasteiger partial charge in [-0.25, -0.2) is 0 Å². The van der Waals surface area contributed by atoms with Gasteiger partial charge < -0.3 is 14.1 Å². The average molecular weight is 483 g/mol. The van der Waals surface area contributed by atoms with Crippen LogP contribution in [0.3, 0.4) is 0 Å². The molecule has 7 rings (SSSR count). The number of fused-ring (bicyclic) bond motifs is 2. The molecule has 0 aliphatic carbocycles. The van der Waals surface area contributed by atoms with Crippen LogP contribution in [-0.4, -0.2) is 20.2 Å². The van der Waals surface area contributed by atoms with Crippen LogP contribution < -0.4 is 4.74 Å². The van der Waals surface area contributed by atoms with Crippen molar-refractivity contribution in [2.45, 2.75) is 6.61 Å². The van der Waals surface area contributed by atoms with Crippen LogP contribution in [0.25, 0.3) is 55.4 Å². The Hall–Kier alpha value is -5.10. The highest BCUT2D eigenvalue weighted by Crippen LogP contribution is 2.35. The van der Waals surface area contributed by atoms with Gasteiger partial charge in [-0.2, -0.15) is 5.10 Å². The quantitative estimate of drug-likeness (QED) is 0.256. The number of benzene rings is 3. The van der Waals surface area contributed by atoms with E-state index in [0.717, 1.165) is 66.8 Å². The minimum atomic E-state index is 0.498. The number of nitrogens with one attached hydrogen (secondary N) is 2. The summed E-state index contributed by atoms with van der Waals surface area (Å²) in [5, 5.41) is 9.99. The number of ether oxygens (including phenoxy) is 1. The molecule has 0 saturated heterocycles. The van der Waals surface area contributed by atoms with Crippen LogP contribution in [0, 0.1) is 0 Å². The summed E-state index contributed by atoms with van der Waals surface area (Å²) < 4.78 is 11.3. The number of H-pyrrole nitrogens is 2. The fourth-order valence-electron chi connectivity index (χ4n) is 4.75. The molecule has 0 amide bonds. The Morgan fingerprint density at radius 2 is 1.70 bits per heavy atom. The van der Waals surface area contributed by atoms with Crippen LogP contribution in [0.2, 0.25) is 0 Å². The van der Waals surface area contributed by atoms with Gasteiger partial charge in [-0.1, -0.05) is 48.5 Å². The Balaban J connectivity index is 1.24. The molecule has 6 nitrogen and oxygen atoms in total. The van der Waals surface area contributed by atoms with Gasteiger partial charge in [-0.3, -0.25) is 10.1 Å². The number of hydrogen-bond donors (Lipinski definition) is 2. The van der Waals surface area contributed by atoms with E-state index in [9.17, 15) is 0 Å². The second-order valence-corrected chi connectivity index (χ2v) is 8.98. The molecular formula is C31H22N4O2. The molecule has 0 aliphatic heterocycles. The van der Waals surface area contributed by atoms with Crippen molar-refractivity contribution >= 4 is 21.8 Å². The Bertz CT molecular complexity index is 1830. The Kier molecular flexibility index (Phi) is 5.07. The minimum absolute atomic E-state index is 0.498. The predicted molar refractivity (Wildman–Crippen MR) is 145 cm³/mol. The van der Waals surface area contributed by atoms with Gasteiger partial charge in [-0.05, 0) is 53.1 Å². The van der Waals surface area contributed by atoms with Gasteiger partial charge in [0.1, 0.15) is 18.1 Å². The second-order valence-electron chi connectivity index (χ2n) is 8.98. The van der Waals surface area contributed by atoms with Crippen LogP contribution in [0.1, 0.15) is 5.56 Å². The number of rotatable bonds is 6. The third-order valence-corrected chi connectivity index (χ3v) is 6.61. The van der Waals surface area contributed by atoms with E-state index >= 15 is 0 Å². The largest absolute Gasteiger partial charge is 0.487 e. The van der Waals surface area contributed by atoms with Crippen LogP contribution >= 0.6 is 0 Å². The molecule has 0 unspecified atom stereocenters. The lowest BCUT2D eigenvalue weighted by Crippen LogP contribution is -1.95. The van der Waals surface area contributed by atoms with Crippen molar-refractivity contribution < 1.29 is 9.15 Å². The molecule has 0 aliphatic rings. The zero-order chi connectivity index (χ0) is 24.6. The first-order valence-corrected chi connectivity index (χ1v) is 12.1.